The Morgan fingerprint density at radius 1 is 1.31 bits per heavy atom. The minimum Gasteiger partial charge on any atom is -0.465 e. The number of carbonyl (C=O) groups excluding carboxylic acids is 1. The second-order valence-electron chi connectivity index (χ2n) is 6.95. The van der Waals surface area contributed by atoms with Gasteiger partial charge in [0.1, 0.15) is 11.4 Å². The molecule has 2 fully saturated rings. The molecule has 2 unspecified atom stereocenters. The van der Waals surface area contributed by atoms with Gasteiger partial charge >= 0.3 is 12.1 Å². The van der Waals surface area contributed by atoms with Gasteiger partial charge in [0, 0.05) is 30.3 Å². The van der Waals surface area contributed by atoms with Crippen LogP contribution in [0.3, 0.4) is 0 Å². The van der Waals surface area contributed by atoms with E-state index in [1.807, 2.05) is 24.3 Å². The molecule has 0 radical (unpaired) electrons. The molecule has 0 bridgehead atoms. The molecule has 2 aromatic rings. The Bertz CT molecular complexity index is 896. The SMILES string of the molecule is COC(=O)c1cc(-c2ccc(C34CC3CN(C(=O)O)C4)cc2)cnc1N. The van der Waals surface area contributed by atoms with Crippen LogP contribution < -0.4 is 5.73 Å². The zero-order chi connectivity index (χ0) is 18.5. The number of aromatic nitrogens is 1. The number of methoxy groups -OCH3 is 1. The lowest BCUT2D eigenvalue weighted by molar-refractivity contribution is 0.0601. The molecule has 1 saturated carbocycles. The van der Waals surface area contributed by atoms with Crippen molar-refractivity contribution in [2.75, 3.05) is 25.9 Å². The van der Waals surface area contributed by atoms with Crippen molar-refractivity contribution in [3.05, 3.63) is 47.7 Å². The third-order valence-corrected chi connectivity index (χ3v) is 5.53. The molecule has 1 saturated heterocycles. The monoisotopic (exact) mass is 353 g/mol. The number of piperidine rings is 1. The largest absolute Gasteiger partial charge is 0.465 e. The normalized spacial score (nSPS) is 23.4. The summed E-state index contributed by atoms with van der Waals surface area (Å²) in [4.78, 5) is 28.6. The van der Waals surface area contributed by atoms with Gasteiger partial charge in [-0.15, -0.1) is 0 Å². The summed E-state index contributed by atoms with van der Waals surface area (Å²) in [5.41, 5.74) is 8.79. The second-order valence-corrected chi connectivity index (χ2v) is 6.95. The zero-order valence-corrected chi connectivity index (χ0v) is 14.3. The fraction of sp³-hybridized carbons (Fsp3) is 0.316. The summed E-state index contributed by atoms with van der Waals surface area (Å²) in [5.74, 6) is 0.0260. The van der Waals surface area contributed by atoms with E-state index in [1.165, 1.54) is 12.0 Å². The van der Waals surface area contributed by atoms with Gasteiger partial charge in [-0.05, 0) is 29.5 Å². The number of anilines is 1. The van der Waals surface area contributed by atoms with Crippen LogP contribution in [0.25, 0.3) is 11.1 Å². The van der Waals surface area contributed by atoms with Gasteiger partial charge in [0.25, 0.3) is 0 Å². The third-order valence-electron chi connectivity index (χ3n) is 5.53. The first kappa shape index (κ1) is 16.4. The lowest BCUT2D eigenvalue weighted by atomic mass is 9.93. The number of rotatable bonds is 3. The Hall–Kier alpha value is -3.09. The minimum atomic E-state index is -0.850. The van der Waals surface area contributed by atoms with Crippen LogP contribution in [0.4, 0.5) is 10.6 Å². The van der Waals surface area contributed by atoms with E-state index in [9.17, 15) is 14.7 Å². The molecule has 4 rings (SSSR count). The highest BCUT2D eigenvalue weighted by atomic mass is 16.5. The van der Waals surface area contributed by atoms with Crippen molar-refractivity contribution in [1.29, 1.82) is 0 Å². The Morgan fingerprint density at radius 3 is 2.65 bits per heavy atom. The topological polar surface area (TPSA) is 106 Å². The van der Waals surface area contributed by atoms with Crippen LogP contribution in [0.2, 0.25) is 0 Å². The molecule has 1 aromatic carbocycles. The molecular formula is C19H19N3O4. The number of pyridine rings is 1. The summed E-state index contributed by atoms with van der Waals surface area (Å²) in [6.45, 7) is 1.17. The van der Waals surface area contributed by atoms with E-state index in [4.69, 9.17) is 10.5 Å². The molecule has 134 valence electrons. The minimum absolute atomic E-state index is 0.0343. The predicted octanol–water partition coefficient (Wildman–Crippen LogP) is 2.37. The number of nitrogen functional groups attached to an aromatic ring is 1. The molecule has 0 spiro atoms. The quantitative estimate of drug-likeness (QED) is 0.821. The molecule has 2 heterocycles. The fourth-order valence-corrected chi connectivity index (χ4v) is 3.98. The average Bonchev–Trinajstić information content (AvgIpc) is 3.22. The van der Waals surface area contributed by atoms with Gasteiger partial charge in [0.05, 0.1) is 7.11 Å². The summed E-state index contributed by atoms with van der Waals surface area (Å²) in [7, 11) is 1.30. The molecule has 26 heavy (non-hydrogen) atoms. The first-order valence-corrected chi connectivity index (χ1v) is 8.37. The Labute approximate surface area is 150 Å². The van der Waals surface area contributed by atoms with Crippen molar-refractivity contribution in [3.63, 3.8) is 0 Å². The second kappa shape index (κ2) is 5.72. The van der Waals surface area contributed by atoms with E-state index in [0.717, 1.165) is 23.1 Å². The molecule has 1 aliphatic heterocycles. The van der Waals surface area contributed by atoms with Gasteiger partial charge in [-0.1, -0.05) is 24.3 Å². The summed E-state index contributed by atoms with van der Waals surface area (Å²) in [6.07, 6.45) is 1.81. The van der Waals surface area contributed by atoms with E-state index < -0.39 is 12.1 Å². The van der Waals surface area contributed by atoms with Crippen molar-refractivity contribution >= 4 is 17.9 Å². The van der Waals surface area contributed by atoms with Crippen molar-refractivity contribution in [1.82, 2.24) is 9.88 Å². The Kier molecular flexibility index (Phi) is 3.61. The molecular weight excluding hydrogens is 334 g/mol. The van der Waals surface area contributed by atoms with Crippen LogP contribution in [-0.2, 0) is 10.2 Å². The van der Waals surface area contributed by atoms with E-state index in [2.05, 4.69) is 4.98 Å². The van der Waals surface area contributed by atoms with Crippen molar-refractivity contribution < 1.29 is 19.4 Å². The first-order valence-electron chi connectivity index (χ1n) is 8.37. The summed E-state index contributed by atoms with van der Waals surface area (Å²) < 4.78 is 4.73. The number of carboxylic acid groups (broad SMARTS) is 1. The van der Waals surface area contributed by atoms with Gasteiger partial charge in [-0.25, -0.2) is 14.6 Å². The van der Waals surface area contributed by atoms with E-state index in [-0.39, 0.29) is 16.8 Å². The summed E-state index contributed by atoms with van der Waals surface area (Å²) >= 11 is 0. The molecule has 7 nitrogen and oxygen atoms in total. The predicted molar refractivity (Wildman–Crippen MR) is 94.8 cm³/mol. The number of fused-ring (bicyclic) bond motifs is 1. The van der Waals surface area contributed by atoms with Crippen molar-refractivity contribution in [2.45, 2.75) is 11.8 Å². The van der Waals surface area contributed by atoms with Crippen LogP contribution in [0.1, 0.15) is 22.3 Å². The number of hydrogen-bond donors (Lipinski definition) is 2. The molecule has 1 amide bonds. The van der Waals surface area contributed by atoms with Crippen LogP contribution in [0.15, 0.2) is 36.5 Å². The number of nitrogens with two attached hydrogens (primary N) is 1. The van der Waals surface area contributed by atoms with Gasteiger partial charge < -0.3 is 20.5 Å². The number of carbonyl (C=O) groups is 2. The molecule has 2 aliphatic rings. The van der Waals surface area contributed by atoms with Crippen LogP contribution in [0, 0.1) is 5.92 Å². The highest BCUT2D eigenvalue weighted by molar-refractivity contribution is 5.95. The molecule has 2 atom stereocenters. The number of esters is 1. The number of nitrogens with zero attached hydrogens (tertiary/aromatic N) is 2. The number of amides is 1. The van der Waals surface area contributed by atoms with Crippen molar-refractivity contribution in [3.8, 4) is 11.1 Å². The fourth-order valence-electron chi connectivity index (χ4n) is 3.98. The molecule has 3 N–H and O–H groups in total. The summed E-state index contributed by atoms with van der Waals surface area (Å²) in [6, 6.07) is 9.68. The lowest BCUT2D eigenvalue weighted by Crippen LogP contribution is -2.31. The highest BCUT2D eigenvalue weighted by Gasteiger charge is 2.61. The number of likely N-dealkylation sites (tertiary alicyclic amines) is 1. The maximum atomic E-state index is 11.8. The standard InChI is InChI=1S/C19H19N3O4/c1-26-17(23)15-6-12(8-21-16(15)20)11-2-4-13(5-3-11)19-7-14(19)9-22(10-19)18(24)25/h2-6,8,14H,7,9-10H2,1H3,(H2,20,21)(H,24,25). The van der Waals surface area contributed by atoms with Crippen LogP contribution in [-0.4, -0.2) is 47.3 Å². The Morgan fingerprint density at radius 2 is 2.04 bits per heavy atom. The number of hydrogen-bond acceptors (Lipinski definition) is 5. The van der Waals surface area contributed by atoms with Crippen molar-refractivity contribution in [2.24, 2.45) is 5.92 Å². The first-order chi connectivity index (χ1) is 12.4. The average molecular weight is 353 g/mol. The van der Waals surface area contributed by atoms with E-state index in [0.29, 0.717) is 19.0 Å². The van der Waals surface area contributed by atoms with Gasteiger partial charge in [0.15, 0.2) is 0 Å². The lowest BCUT2D eigenvalue weighted by Gasteiger charge is -2.18. The van der Waals surface area contributed by atoms with E-state index in [1.54, 1.807) is 12.3 Å². The van der Waals surface area contributed by atoms with Gasteiger partial charge in [0.2, 0.25) is 0 Å². The smallest absolute Gasteiger partial charge is 0.407 e. The van der Waals surface area contributed by atoms with E-state index >= 15 is 0 Å². The molecule has 1 aromatic heterocycles. The maximum Gasteiger partial charge on any atom is 0.407 e. The third kappa shape index (κ3) is 2.47. The number of benzene rings is 1. The number of ether oxygens (including phenoxy) is 1. The maximum absolute atomic E-state index is 11.8. The Balaban J connectivity index is 1.60. The van der Waals surface area contributed by atoms with Gasteiger partial charge in [-0.2, -0.15) is 0 Å². The van der Waals surface area contributed by atoms with Crippen LogP contribution in [0.5, 0.6) is 0 Å². The van der Waals surface area contributed by atoms with Gasteiger partial charge in [-0.3, -0.25) is 0 Å². The highest BCUT2D eigenvalue weighted by Crippen LogP contribution is 2.59. The summed E-state index contributed by atoms with van der Waals surface area (Å²) in [5, 5.41) is 9.19. The zero-order valence-electron chi connectivity index (χ0n) is 14.3. The molecule has 7 heteroatoms. The van der Waals surface area contributed by atoms with Crippen LogP contribution >= 0.6 is 0 Å². The molecule has 1 aliphatic carbocycles.